The number of carbonyl (C=O) groups is 1. The molecule has 0 aliphatic heterocycles. The number of aromatic nitrogens is 1. The van der Waals surface area contributed by atoms with E-state index in [1.807, 2.05) is 0 Å². The van der Waals surface area contributed by atoms with E-state index in [4.69, 9.17) is 9.26 Å². The molecule has 0 aliphatic rings. The molecule has 1 aromatic heterocycles. The van der Waals surface area contributed by atoms with Gasteiger partial charge in [0.05, 0.1) is 0 Å². The van der Waals surface area contributed by atoms with Gasteiger partial charge in [-0.25, -0.2) is 4.39 Å². The van der Waals surface area contributed by atoms with Crippen molar-refractivity contribution in [2.24, 2.45) is 0 Å². The first kappa shape index (κ1) is 13.1. The van der Waals surface area contributed by atoms with E-state index in [0.29, 0.717) is 17.0 Å². The van der Waals surface area contributed by atoms with Crippen LogP contribution in [0, 0.1) is 19.7 Å². The van der Waals surface area contributed by atoms with Crippen LogP contribution in [0.3, 0.4) is 0 Å². The summed E-state index contributed by atoms with van der Waals surface area (Å²) in [5, 5.41) is 6.11. The fourth-order valence-electron chi connectivity index (χ4n) is 1.42. The standard InChI is InChI=1S/C13H13FN2O3/c1-8-3-4-10(6-11(8)14)15-12(17)7-18-13-5-9(2)19-16-13/h3-6H,7H2,1-2H3,(H,15,17). The SMILES string of the molecule is Cc1cc(OCC(=O)Nc2ccc(C)c(F)c2)no1. The molecule has 1 heterocycles. The second-order valence-electron chi connectivity index (χ2n) is 4.08. The lowest BCUT2D eigenvalue weighted by Crippen LogP contribution is -2.20. The summed E-state index contributed by atoms with van der Waals surface area (Å²) in [6, 6.07) is 6.04. The Morgan fingerprint density at radius 3 is 2.84 bits per heavy atom. The third kappa shape index (κ3) is 3.54. The van der Waals surface area contributed by atoms with Crippen LogP contribution in [0.5, 0.6) is 5.88 Å². The minimum atomic E-state index is -0.399. The Labute approximate surface area is 109 Å². The van der Waals surface area contributed by atoms with Crippen LogP contribution in [0.4, 0.5) is 10.1 Å². The van der Waals surface area contributed by atoms with E-state index in [0.717, 1.165) is 0 Å². The van der Waals surface area contributed by atoms with Gasteiger partial charge in [-0.05, 0) is 36.7 Å². The van der Waals surface area contributed by atoms with Crippen LogP contribution in [0.2, 0.25) is 0 Å². The summed E-state index contributed by atoms with van der Waals surface area (Å²) in [6.07, 6.45) is 0. The first-order chi connectivity index (χ1) is 9.04. The summed E-state index contributed by atoms with van der Waals surface area (Å²) in [4.78, 5) is 11.6. The Kier molecular flexibility index (Phi) is 3.79. The van der Waals surface area contributed by atoms with E-state index >= 15 is 0 Å². The maximum Gasteiger partial charge on any atom is 0.262 e. The molecule has 19 heavy (non-hydrogen) atoms. The number of nitrogens with one attached hydrogen (secondary N) is 1. The van der Waals surface area contributed by atoms with Gasteiger partial charge in [0.2, 0.25) is 0 Å². The van der Waals surface area contributed by atoms with Gasteiger partial charge < -0.3 is 14.6 Å². The second-order valence-corrected chi connectivity index (χ2v) is 4.08. The molecule has 1 amide bonds. The molecule has 2 aromatic rings. The molecule has 0 unspecified atom stereocenters. The largest absolute Gasteiger partial charge is 0.465 e. The van der Waals surface area contributed by atoms with Crippen molar-refractivity contribution < 1.29 is 18.4 Å². The number of nitrogens with zero attached hydrogens (tertiary/aromatic N) is 1. The number of rotatable bonds is 4. The lowest BCUT2D eigenvalue weighted by Gasteiger charge is -2.06. The maximum absolute atomic E-state index is 13.3. The molecule has 0 spiro atoms. The minimum Gasteiger partial charge on any atom is -0.465 e. The number of hydrogen-bond donors (Lipinski definition) is 1. The van der Waals surface area contributed by atoms with Gasteiger partial charge in [-0.2, -0.15) is 0 Å². The number of halogens is 1. The first-order valence-corrected chi connectivity index (χ1v) is 5.67. The number of amides is 1. The fraction of sp³-hybridized carbons (Fsp3) is 0.231. The molecule has 100 valence electrons. The van der Waals surface area contributed by atoms with E-state index in [9.17, 15) is 9.18 Å². The number of anilines is 1. The van der Waals surface area contributed by atoms with Crippen LogP contribution >= 0.6 is 0 Å². The molecule has 0 saturated carbocycles. The third-order valence-corrected chi connectivity index (χ3v) is 2.41. The molecule has 5 nitrogen and oxygen atoms in total. The summed E-state index contributed by atoms with van der Waals surface area (Å²) in [5.74, 6) is 0.0634. The van der Waals surface area contributed by atoms with E-state index in [2.05, 4.69) is 10.5 Å². The topological polar surface area (TPSA) is 64.4 Å². The summed E-state index contributed by atoms with van der Waals surface area (Å²) in [6.45, 7) is 3.15. The van der Waals surface area contributed by atoms with Gasteiger partial charge in [0.1, 0.15) is 11.6 Å². The van der Waals surface area contributed by atoms with Crippen molar-refractivity contribution in [3.05, 3.63) is 41.4 Å². The number of aryl methyl sites for hydroxylation is 2. The Bertz CT molecular complexity index is 595. The summed E-state index contributed by atoms with van der Waals surface area (Å²) in [5.41, 5.74) is 0.903. The lowest BCUT2D eigenvalue weighted by molar-refractivity contribution is -0.118. The molecule has 0 radical (unpaired) electrons. The average molecular weight is 264 g/mol. The Hall–Kier alpha value is -2.37. The van der Waals surface area contributed by atoms with Crippen LogP contribution in [0.25, 0.3) is 0 Å². The predicted molar refractivity (Wildman–Crippen MR) is 66.5 cm³/mol. The van der Waals surface area contributed by atoms with Crippen LogP contribution < -0.4 is 10.1 Å². The quantitative estimate of drug-likeness (QED) is 0.921. The Balaban J connectivity index is 1.88. The minimum absolute atomic E-state index is 0.221. The molecule has 0 aliphatic carbocycles. The molecular weight excluding hydrogens is 251 g/mol. The average Bonchev–Trinajstić information content (AvgIpc) is 2.77. The fourth-order valence-corrected chi connectivity index (χ4v) is 1.42. The normalized spacial score (nSPS) is 10.3. The highest BCUT2D eigenvalue weighted by Crippen LogP contribution is 2.14. The number of hydrogen-bond acceptors (Lipinski definition) is 4. The molecule has 0 atom stereocenters. The Morgan fingerprint density at radius 1 is 1.42 bits per heavy atom. The zero-order valence-electron chi connectivity index (χ0n) is 10.6. The second kappa shape index (κ2) is 5.51. The molecule has 6 heteroatoms. The number of benzene rings is 1. The maximum atomic E-state index is 13.3. The van der Waals surface area contributed by atoms with E-state index in [1.54, 1.807) is 32.0 Å². The molecule has 2 rings (SSSR count). The summed E-state index contributed by atoms with van der Waals surface area (Å²) < 4.78 is 23.2. The van der Waals surface area contributed by atoms with Crippen LogP contribution in [-0.2, 0) is 4.79 Å². The van der Waals surface area contributed by atoms with Gasteiger partial charge in [0.15, 0.2) is 6.61 Å². The Morgan fingerprint density at radius 2 is 2.21 bits per heavy atom. The molecule has 0 bridgehead atoms. The molecule has 0 saturated heterocycles. The number of carbonyl (C=O) groups excluding carboxylic acids is 1. The van der Waals surface area contributed by atoms with Crippen LogP contribution in [0.1, 0.15) is 11.3 Å². The summed E-state index contributed by atoms with van der Waals surface area (Å²) in [7, 11) is 0. The molecule has 1 N–H and O–H groups in total. The monoisotopic (exact) mass is 264 g/mol. The first-order valence-electron chi connectivity index (χ1n) is 5.67. The summed E-state index contributed by atoms with van der Waals surface area (Å²) >= 11 is 0. The van der Waals surface area contributed by atoms with Gasteiger partial charge >= 0.3 is 0 Å². The highest BCUT2D eigenvalue weighted by molar-refractivity contribution is 5.91. The van der Waals surface area contributed by atoms with Crippen molar-refractivity contribution in [1.29, 1.82) is 0 Å². The van der Waals surface area contributed by atoms with Crippen molar-refractivity contribution in [2.45, 2.75) is 13.8 Å². The highest BCUT2D eigenvalue weighted by atomic mass is 19.1. The van der Waals surface area contributed by atoms with Crippen LogP contribution in [0.15, 0.2) is 28.8 Å². The zero-order valence-corrected chi connectivity index (χ0v) is 10.6. The van der Waals surface area contributed by atoms with Gasteiger partial charge in [-0.3, -0.25) is 4.79 Å². The van der Waals surface area contributed by atoms with Crippen molar-refractivity contribution >= 4 is 11.6 Å². The van der Waals surface area contributed by atoms with Crippen molar-refractivity contribution in [3.8, 4) is 5.88 Å². The van der Waals surface area contributed by atoms with Gasteiger partial charge in [0, 0.05) is 11.8 Å². The lowest BCUT2D eigenvalue weighted by atomic mass is 10.2. The van der Waals surface area contributed by atoms with Gasteiger partial charge in [-0.15, -0.1) is 0 Å². The number of ether oxygens (including phenoxy) is 1. The van der Waals surface area contributed by atoms with E-state index in [1.165, 1.54) is 6.07 Å². The predicted octanol–water partition coefficient (Wildman–Crippen LogP) is 2.45. The van der Waals surface area contributed by atoms with Gasteiger partial charge in [-0.1, -0.05) is 6.07 Å². The molecular formula is C13H13FN2O3. The molecule has 1 aromatic carbocycles. The molecule has 0 fully saturated rings. The highest BCUT2D eigenvalue weighted by Gasteiger charge is 2.07. The van der Waals surface area contributed by atoms with E-state index in [-0.39, 0.29) is 18.3 Å². The zero-order chi connectivity index (χ0) is 13.8. The van der Waals surface area contributed by atoms with Gasteiger partial charge in [0.25, 0.3) is 11.8 Å². The van der Waals surface area contributed by atoms with Crippen LogP contribution in [-0.4, -0.2) is 17.7 Å². The van der Waals surface area contributed by atoms with Crippen molar-refractivity contribution in [2.75, 3.05) is 11.9 Å². The van der Waals surface area contributed by atoms with Crippen molar-refractivity contribution in [3.63, 3.8) is 0 Å². The third-order valence-electron chi connectivity index (χ3n) is 2.41. The van der Waals surface area contributed by atoms with Crippen molar-refractivity contribution in [1.82, 2.24) is 5.16 Å². The smallest absolute Gasteiger partial charge is 0.262 e. The van der Waals surface area contributed by atoms with E-state index < -0.39 is 5.91 Å².